The van der Waals surface area contributed by atoms with E-state index in [1.807, 2.05) is 62.4 Å². The summed E-state index contributed by atoms with van der Waals surface area (Å²) in [7, 11) is -3.15. The van der Waals surface area contributed by atoms with E-state index in [4.69, 9.17) is 18.1 Å². The second kappa shape index (κ2) is 16.8. The molecular weight excluding hydrogens is 678 g/mol. The van der Waals surface area contributed by atoms with E-state index in [1.165, 1.54) is 0 Å². The van der Waals surface area contributed by atoms with Crippen LogP contribution < -0.4 is 28.7 Å². The largest absolute Gasteiger partial charge is 0.530 e. The van der Waals surface area contributed by atoms with E-state index in [-0.39, 0.29) is 11.8 Å². The molecule has 0 fully saturated rings. The zero-order valence-corrected chi connectivity index (χ0v) is 33.2. The van der Waals surface area contributed by atoms with Crippen LogP contribution in [0.25, 0.3) is 11.1 Å². The van der Waals surface area contributed by atoms with E-state index in [1.54, 1.807) is 0 Å². The van der Waals surface area contributed by atoms with E-state index < -0.39 is 16.8 Å². The van der Waals surface area contributed by atoms with Gasteiger partial charge in [0, 0.05) is 21.7 Å². The average molecular weight is 727 g/mol. The molecule has 0 atom stereocenters. The van der Waals surface area contributed by atoms with Gasteiger partial charge in [-0.1, -0.05) is 149 Å². The van der Waals surface area contributed by atoms with Gasteiger partial charge in [-0.3, -0.25) is 0 Å². The lowest BCUT2D eigenvalue weighted by Gasteiger charge is -2.28. The van der Waals surface area contributed by atoms with Crippen LogP contribution in [0, 0.1) is 27.7 Å². The molecule has 0 bridgehead atoms. The van der Waals surface area contributed by atoms with Crippen molar-refractivity contribution < 1.29 is 18.1 Å². The molecule has 0 spiro atoms. The number of hydrogen-bond acceptors (Lipinski definition) is 4. The minimum absolute atomic E-state index is 0.159. The number of benzene rings is 6. The third kappa shape index (κ3) is 8.36. The van der Waals surface area contributed by atoms with Crippen LogP contribution in [0.3, 0.4) is 0 Å². The molecule has 0 aliphatic rings. The van der Waals surface area contributed by atoms with Crippen molar-refractivity contribution in [1.82, 2.24) is 0 Å². The lowest BCUT2D eigenvalue weighted by Crippen LogP contribution is -2.16. The molecule has 0 aromatic heterocycles. The zero-order chi connectivity index (χ0) is 36.8. The number of para-hydroxylation sites is 2. The SMILES string of the molecule is Cc1ccccc1OP(Oc1ccccc1C)Oc1c(C(C)C)ccc(C)c1-c1c(C)ccc(C(C)C)c1OP(c1ccccc1)c1ccccc1. The topological polar surface area (TPSA) is 36.9 Å². The second-order valence-corrected chi connectivity index (χ2v) is 16.5. The van der Waals surface area contributed by atoms with Crippen molar-refractivity contribution in [3.8, 4) is 34.1 Å². The van der Waals surface area contributed by atoms with E-state index in [2.05, 4.69) is 126 Å². The number of rotatable bonds is 13. The molecule has 0 saturated heterocycles. The Hall–Kier alpha value is -4.62. The fraction of sp³-hybridized carbons (Fsp3) is 0.217. The molecule has 266 valence electrons. The highest BCUT2D eigenvalue weighted by Crippen LogP contribution is 2.54. The van der Waals surface area contributed by atoms with E-state index in [0.29, 0.717) is 0 Å². The minimum Gasteiger partial charge on any atom is -0.464 e. The van der Waals surface area contributed by atoms with Gasteiger partial charge in [-0.15, -0.1) is 0 Å². The van der Waals surface area contributed by atoms with Crippen molar-refractivity contribution in [2.24, 2.45) is 0 Å². The smallest absolute Gasteiger partial charge is 0.464 e. The maximum atomic E-state index is 7.44. The van der Waals surface area contributed by atoms with Gasteiger partial charge in [0.1, 0.15) is 23.0 Å². The lowest BCUT2D eigenvalue weighted by molar-refractivity contribution is 0.384. The Bertz CT molecular complexity index is 2020. The Kier molecular flexibility index (Phi) is 12.0. The quantitative estimate of drug-likeness (QED) is 0.111. The fourth-order valence-electron chi connectivity index (χ4n) is 6.20. The van der Waals surface area contributed by atoms with Crippen molar-refractivity contribution in [2.45, 2.75) is 67.2 Å². The predicted octanol–water partition coefficient (Wildman–Crippen LogP) is 13.0. The van der Waals surface area contributed by atoms with Gasteiger partial charge in [0.25, 0.3) is 0 Å². The minimum atomic E-state index is -1.95. The van der Waals surface area contributed by atoms with Crippen molar-refractivity contribution in [2.75, 3.05) is 0 Å². The summed E-state index contributed by atoms with van der Waals surface area (Å²) in [6.07, 6.45) is 0. The van der Waals surface area contributed by atoms with Crippen LogP contribution in [0.15, 0.2) is 133 Å². The summed E-state index contributed by atoms with van der Waals surface area (Å²) in [6.45, 7) is 17.3. The first-order chi connectivity index (χ1) is 25.1. The standard InChI is InChI=1S/C46H48O4P2/c1-31(2)39-29-27-35(7)43(45(39)49-51(37-21-11-9-12-22-37)38-23-13-10-14-24-38)44-36(8)28-30-40(32(3)4)46(44)50-52(47-41-25-17-15-19-33(41)5)48-42-26-18-16-20-34(42)6/h9-32H,1-8H3. The van der Waals surface area contributed by atoms with Gasteiger partial charge in [0.05, 0.1) is 0 Å². The summed E-state index contributed by atoms with van der Waals surface area (Å²) < 4.78 is 27.9. The highest BCUT2D eigenvalue weighted by atomic mass is 31.2. The second-order valence-electron chi connectivity index (χ2n) is 13.7. The third-order valence-electron chi connectivity index (χ3n) is 9.15. The fourth-order valence-corrected chi connectivity index (χ4v) is 9.17. The van der Waals surface area contributed by atoms with Gasteiger partial charge < -0.3 is 18.1 Å². The molecule has 6 heteroatoms. The molecule has 0 saturated carbocycles. The Balaban J connectivity index is 1.57. The first-order valence-electron chi connectivity index (χ1n) is 17.9. The van der Waals surface area contributed by atoms with Crippen LogP contribution in [0.2, 0.25) is 0 Å². The van der Waals surface area contributed by atoms with Gasteiger partial charge in [0.2, 0.25) is 0 Å². The normalized spacial score (nSPS) is 11.4. The van der Waals surface area contributed by atoms with Gasteiger partial charge >= 0.3 is 8.60 Å². The molecule has 0 aliphatic heterocycles. The number of aryl methyl sites for hydroxylation is 4. The van der Waals surface area contributed by atoms with Crippen LogP contribution >= 0.6 is 16.8 Å². The summed E-state index contributed by atoms with van der Waals surface area (Å²) in [6, 6.07) is 45.9. The third-order valence-corrected chi connectivity index (χ3v) is 12.1. The Morgan fingerprint density at radius 1 is 0.385 bits per heavy atom. The highest BCUT2D eigenvalue weighted by molar-refractivity contribution is 7.68. The molecule has 0 heterocycles. The summed E-state index contributed by atoms with van der Waals surface area (Å²) in [5.74, 6) is 3.45. The van der Waals surface area contributed by atoms with Crippen molar-refractivity contribution >= 4 is 27.4 Å². The Morgan fingerprint density at radius 2 is 0.769 bits per heavy atom. The molecule has 6 aromatic carbocycles. The summed E-state index contributed by atoms with van der Waals surface area (Å²) >= 11 is 0. The molecule has 0 amide bonds. The molecule has 0 N–H and O–H groups in total. The molecular formula is C46H48O4P2. The highest BCUT2D eigenvalue weighted by Gasteiger charge is 2.31. The van der Waals surface area contributed by atoms with Gasteiger partial charge in [-0.2, -0.15) is 0 Å². The molecule has 4 nitrogen and oxygen atoms in total. The summed E-state index contributed by atoms with van der Waals surface area (Å²) in [5, 5.41) is 2.30. The Labute approximate surface area is 312 Å². The van der Waals surface area contributed by atoms with Crippen LogP contribution in [0.4, 0.5) is 0 Å². The molecule has 0 radical (unpaired) electrons. The Morgan fingerprint density at radius 3 is 1.17 bits per heavy atom. The van der Waals surface area contributed by atoms with E-state index in [0.717, 1.165) is 78.1 Å². The lowest BCUT2D eigenvalue weighted by atomic mass is 9.87. The van der Waals surface area contributed by atoms with Crippen molar-refractivity contribution in [3.63, 3.8) is 0 Å². The van der Waals surface area contributed by atoms with Crippen LogP contribution in [0.1, 0.15) is 72.9 Å². The zero-order valence-electron chi connectivity index (χ0n) is 31.4. The van der Waals surface area contributed by atoms with Crippen LogP contribution in [0.5, 0.6) is 23.0 Å². The number of hydrogen-bond donors (Lipinski definition) is 0. The van der Waals surface area contributed by atoms with Crippen LogP contribution in [-0.4, -0.2) is 0 Å². The maximum absolute atomic E-state index is 7.44. The van der Waals surface area contributed by atoms with Gasteiger partial charge in [-0.25, -0.2) is 0 Å². The predicted molar refractivity (Wildman–Crippen MR) is 220 cm³/mol. The van der Waals surface area contributed by atoms with Crippen molar-refractivity contribution in [1.29, 1.82) is 0 Å². The first kappa shape index (κ1) is 37.1. The molecule has 0 aliphatic carbocycles. The molecule has 6 rings (SSSR count). The summed E-state index contributed by atoms with van der Waals surface area (Å²) in [5.41, 5.74) is 8.44. The monoisotopic (exact) mass is 726 g/mol. The molecule has 0 unspecified atom stereocenters. The van der Waals surface area contributed by atoms with Crippen LogP contribution in [-0.2, 0) is 0 Å². The average Bonchev–Trinajstić information content (AvgIpc) is 3.13. The molecule has 52 heavy (non-hydrogen) atoms. The summed E-state index contributed by atoms with van der Waals surface area (Å²) in [4.78, 5) is 0. The van der Waals surface area contributed by atoms with Gasteiger partial charge in [0.15, 0.2) is 8.15 Å². The van der Waals surface area contributed by atoms with E-state index in [9.17, 15) is 0 Å². The van der Waals surface area contributed by atoms with E-state index >= 15 is 0 Å². The first-order valence-corrected chi connectivity index (χ1v) is 20.3. The van der Waals surface area contributed by atoms with Gasteiger partial charge in [-0.05, 0) is 85.0 Å². The molecule has 6 aromatic rings. The van der Waals surface area contributed by atoms with Crippen molar-refractivity contribution in [3.05, 3.63) is 167 Å². The maximum Gasteiger partial charge on any atom is 0.530 e.